The number of hydrogen-bond acceptors (Lipinski definition) is 3. The summed E-state index contributed by atoms with van der Waals surface area (Å²) in [6.07, 6.45) is 8.01. The van der Waals surface area contributed by atoms with Gasteiger partial charge in [-0.25, -0.2) is 18.5 Å². The molecular weight excluding hydrogens is 283 g/mol. The number of aryl methyl sites for hydroxylation is 1. The highest BCUT2D eigenvalue weighted by Gasteiger charge is 2.42. The molecular formula is C10H16F3N3O2S. The Morgan fingerprint density at radius 1 is 1.53 bits per heavy atom. The second-order valence-corrected chi connectivity index (χ2v) is 5.08. The molecule has 0 saturated carbocycles. The molecule has 0 aliphatic rings. The van der Waals surface area contributed by atoms with Crippen LogP contribution in [0.5, 0.6) is 0 Å². The van der Waals surface area contributed by atoms with Gasteiger partial charge in [0.1, 0.15) is 5.82 Å². The van der Waals surface area contributed by atoms with Gasteiger partial charge in [0.15, 0.2) is 0 Å². The SMILES string of the molecule is C=Cc1nccn1CCCC.NS(=O)(=O)C(F)(F)F. The van der Waals surface area contributed by atoms with Crippen LogP contribution in [0.4, 0.5) is 13.2 Å². The van der Waals surface area contributed by atoms with Crippen LogP contribution in [0.2, 0.25) is 0 Å². The standard InChI is InChI=1S/C9H14N2.CH2F3NO2S/c1-3-5-7-11-8-6-10-9(11)4-2;2-1(3,4)8(5,6)7/h4,6,8H,2-3,5,7H2,1H3;(H2,5,6,7). The van der Waals surface area contributed by atoms with Crippen LogP contribution < -0.4 is 5.14 Å². The van der Waals surface area contributed by atoms with E-state index >= 15 is 0 Å². The number of imidazole rings is 1. The number of hydrogen-bond donors (Lipinski definition) is 1. The van der Waals surface area contributed by atoms with Crippen LogP contribution in [0.1, 0.15) is 25.6 Å². The van der Waals surface area contributed by atoms with Gasteiger partial charge < -0.3 is 4.57 Å². The normalized spacial score (nSPS) is 11.6. The lowest BCUT2D eigenvalue weighted by atomic mass is 10.3. The molecule has 110 valence electrons. The molecule has 1 heterocycles. The lowest BCUT2D eigenvalue weighted by Gasteiger charge is -2.01. The van der Waals surface area contributed by atoms with Crippen molar-refractivity contribution in [3.8, 4) is 0 Å². The summed E-state index contributed by atoms with van der Waals surface area (Å²) in [7, 11) is -5.34. The van der Waals surface area contributed by atoms with Gasteiger partial charge in [-0.2, -0.15) is 13.2 Å². The highest BCUT2D eigenvalue weighted by Crippen LogP contribution is 2.18. The van der Waals surface area contributed by atoms with Crippen molar-refractivity contribution in [2.75, 3.05) is 0 Å². The first kappa shape index (κ1) is 17.6. The zero-order valence-corrected chi connectivity index (χ0v) is 11.2. The molecule has 0 unspecified atom stereocenters. The smallest absolute Gasteiger partial charge is 0.332 e. The van der Waals surface area contributed by atoms with E-state index in [9.17, 15) is 21.6 Å². The van der Waals surface area contributed by atoms with Gasteiger partial charge in [-0.05, 0) is 12.5 Å². The maximum Gasteiger partial charge on any atom is 0.511 e. The number of nitrogens with zero attached hydrogens (tertiary/aromatic N) is 2. The number of alkyl halides is 3. The summed E-state index contributed by atoms with van der Waals surface area (Å²) >= 11 is 0. The van der Waals surface area contributed by atoms with Crippen LogP contribution in [0.15, 0.2) is 19.0 Å². The quantitative estimate of drug-likeness (QED) is 0.925. The highest BCUT2D eigenvalue weighted by atomic mass is 32.2. The van der Waals surface area contributed by atoms with Crippen molar-refractivity contribution in [1.29, 1.82) is 0 Å². The first-order chi connectivity index (χ1) is 8.63. The van der Waals surface area contributed by atoms with E-state index in [1.54, 1.807) is 6.08 Å². The zero-order chi connectivity index (χ0) is 15.1. The largest absolute Gasteiger partial charge is 0.511 e. The third-order valence-corrected chi connectivity index (χ3v) is 2.65. The Balaban J connectivity index is 0.000000362. The summed E-state index contributed by atoms with van der Waals surface area (Å²) in [5.74, 6) is 0.971. The second-order valence-electron chi connectivity index (χ2n) is 3.53. The van der Waals surface area contributed by atoms with Gasteiger partial charge in [-0.3, -0.25) is 0 Å². The Hall–Kier alpha value is -1.35. The summed E-state index contributed by atoms with van der Waals surface area (Å²) < 4.78 is 53.3. The van der Waals surface area contributed by atoms with Crippen LogP contribution in [0.3, 0.4) is 0 Å². The van der Waals surface area contributed by atoms with E-state index in [-0.39, 0.29) is 0 Å². The zero-order valence-electron chi connectivity index (χ0n) is 10.4. The van der Waals surface area contributed by atoms with Crippen molar-refractivity contribution >= 4 is 16.1 Å². The molecule has 0 saturated heterocycles. The van der Waals surface area contributed by atoms with Crippen LogP contribution >= 0.6 is 0 Å². The van der Waals surface area contributed by atoms with E-state index in [1.807, 2.05) is 12.4 Å². The average Bonchev–Trinajstić information content (AvgIpc) is 2.71. The maximum absolute atomic E-state index is 10.8. The Morgan fingerprint density at radius 3 is 2.42 bits per heavy atom. The highest BCUT2D eigenvalue weighted by molar-refractivity contribution is 7.90. The molecule has 19 heavy (non-hydrogen) atoms. The molecule has 9 heteroatoms. The topological polar surface area (TPSA) is 78.0 Å². The summed E-state index contributed by atoms with van der Waals surface area (Å²) in [5, 5.41) is 3.66. The first-order valence-electron chi connectivity index (χ1n) is 5.36. The van der Waals surface area contributed by atoms with Crippen LogP contribution in [0.25, 0.3) is 6.08 Å². The van der Waals surface area contributed by atoms with Crippen molar-refractivity contribution in [3.63, 3.8) is 0 Å². The molecule has 0 radical (unpaired) electrons. The molecule has 1 aromatic heterocycles. The van der Waals surface area contributed by atoms with Crippen LogP contribution in [0, 0.1) is 0 Å². The van der Waals surface area contributed by atoms with Crippen LogP contribution in [-0.2, 0) is 16.6 Å². The molecule has 1 rings (SSSR count). The number of nitrogens with two attached hydrogens (primary N) is 1. The summed E-state index contributed by atoms with van der Waals surface area (Å²) in [6, 6.07) is 0. The van der Waals surface area contributed by atoms with Gasteiger partial charge in [-0.1, -0.05) is 19.9 Å². The predicted octanol–water partition coefficient (Wildman–Crippen LogP) is 2.12. The number of halogens is 3. The molecule has 0 amide bonds. The van der Waals surface area contributed by atoms with Crippen molar-refractivity contribution in [2.45, 2.75) is 31.8 Å². The van der Waals surface area contributed by atoms with Crippen molar-refractivity contribution < 1.29 is 21.6 Å². The van der Waals surface area contributed by atoms with Crippen molar-refractivity contribution in [3.05, 3.63) is 24.8 Å². The predicted molar refractivity (Wildman–Crippen MR) is 66.4 cm³/mol. The van der Waals surface area contributed by atoms with E-state index < -0.39 is 15.5 Å². The fourth-order valence-electron chi connectivity index (χ4n) is 1.03. The molecule has 5 nitrogen and oxygen atoms in total. The molecule has 2 N–H and O–H groups in total. The molecule has 0 bridgehead atoms. The lowest BCUT2D eigenvalue weighted by molar-refractivity contribution is -0.0436. The van der Waals surface area contributed by atoms with E-state index in [0.29, 0.717) is 0 Å². The molecule has 0 aliphatic carbocycles. The Kier molecular flexibility index (Phi) is 6.77. The fourth-order valence-corrected chi connectivity index (χ4v) is 1.03. The second kappa shape index (κ2) is 7.29. The number of aromatic nitrogens is 2. The summed E-state index contributed by atoms with van der Waals surface area (Å²) in [6.45, 7) is 6.93. The number of primary sulfonamides is 1. The average molecular weight is 299 g/mol. The molecule has 0 aliphatic heterocycles. The maximum atomic E-state index is 10.8. The van der Waals surface area contributed by atoms with Gasteiger partial charge in [0.05, 0.1) is 0 Å². The fraction of sp³-hybridized carbons (Fsp3) is 0.500. The van der Waals surface area contributed by atoms with E-state index in [2.05, 4.69) is 28.2 Å². The third kappa shape index (κ3) is 6.39. The van der Waals surface area contributed by atoms with E-state index in [0.717, 1.165) is 12.4 Å². The number of unbranched alkanes of at least 4 members (excludes halogenated alkanes) is 1. The minimum absolute atomic E-state index is 0.971. The lowest BCUT2D eigenvalue weighted by Crippen LogP contribution is -2.30. The van der Waals surface area contributed by atoms with E-state index in [1.165, 1.54) is 12.8 Å². The summed E-state index contributed by atoms with van der Waals surface area (Å²) in [4.78, 5) is 4.13. The Bertz CT molecular complexity index is 494. The molecule has 0 aromatic carbocycles. The van der Waals surface area contributed by atoms with Crippen molar-refractivity contribution in [2.24, 2.45) is 5.14 Å². The third-order valence-electron chi connectivity index (χ3n) is 2.01. The van der Waals surface area contributed by atoms with E-state index in [4.69, 9.17) is 0 Å². The summed E-state index contributed by atoms with van der Waals surface area (Å²) in [5.41, 5.74) is -5.31. The van der Waals surface area contributed by atoms with Gasteiger partial charge in [-0.15, -0.1) is 0 Å². The monoisotopic (exact) mass is 299 g/mol. The van der Waals surface area contributed by atoms with Crippen molar-refractivity contribution in [1.82, 2.24) is 9.55 Å². The molecule has 1 aromatic rings. The first-order valence-corrected chi connectivity index (χ1v) is 6.90. The van der Waals surface area contributed by atoms with Gasteiger partial charge >= 0.3 is 15.5 Å². The molecule has 0 atom stereocenters. The minimum Gasteiger partial charge on any atom is -0.332 e. The number of rotatable bonds is 4. The van der Waals surface area contributed by atoms with Gasteiger partial charge in [0.2, 0.25) is 0 Å². The molecule has 0 spiro atoms. The Labute approximate surface area is 110 Å². The number of sulfonamides is 1. The van der Waals surface area contributed by atoms with Crippen LogP contribution in [-0.4, -0.2) is 23.5 Å². The van der Waals surface area contributed by atoms with Gasteiger partial charge in [0, 0.05) is 18.9 Å². The molecule has 0 fully saturated rings. The minimum atomic E-state index is -5.34. The Morgan fingerprint density at radius 2 is 2.05 bits per heavy atom. The van der Waals surface area contributed by atoms with Gasteiger partial charge in [0.25, 0.3) is 0 Å².